The van der Waals surface area contributed by atoms with Crippen LogP contribution in [0.4, 0.5) is 0 Å². The summed E-state index contributed by atoms with van der Waals surface area (Å²) in [5.74, 6) is -0.706. The number of ether oxygens (including phenoxy) is 2. The lowest BCUT2D eigenvalue weighted by atomic mass is 10.0. The van der Waals surface area contributed by atoms with Gasteiger partial charge in [0.25, 0.3) is 5.91 Å². The Morgan fingerprint density at radius 1 is 1.08 bits per heavy atom. The van der Waals surface area contributed by atoms with Crippen LogP contribution < -0.4 is 5.32 Å². The number of hydrogen-bond acceptors (Lipinski definition) is 6. The number of morpholine rings is 1. The van der Waals surface area contributed by atoms with Crippen molar-refractivity contribution >= 4 is 61.8 Å². The number of benzene rings is 2. The van der Waals surface area contributed by atoms with E-state index in [1.54, 1.807) is 6.08 Å². The summed E-state index contributed by atoms with van der Waals surface area (Å²) in [5.41, 5.74) is 4.14. The van der Waals surface area contributed by atoms with E-state index in [1.165, 1.54) is 0 Å². The van der Waals surface area contributed by atoms with E-state index in [-0.39, 0.29) is 22.8 Å². The monoisotopic (exact) mass is 581 g/mol. The zero-order valence-electron chi connectivity index (χ0n) is 20.4. The molecule has 0 atom stereocenters. The number of carbonyl (C=O) groups excluding carboxylic acids is 2. The molecule has 37 heavy (non-hydrogen) atoms. The van der Waals surface area contributed by atoms with Crippen LogP contribution in [0, 0.1) is 0 Å². The molecule has 0 bridgehead atoms. The van der Waals surface area contributed by atoms with Gasteiger partial charge in [-0.2, -0.15) is 0 Å². The van der Waals surface area contributed by atoms with Gasteiger partial charge < -0.3 is 19.4 Å². The highest BCUT2D eigenvalue weighted by Gasteiger charge is 2.26. The number of nitrogens with one attached hydrogen (secondary N) is 1. The number of halogens is 1. The summed E-state index contributed by atoms with van der Waals surface area (Å²) in [6.45, 7) is 6.11. The number of thiocarbonyl (C=S) groups is 1. The summed E-state index contributed by atoms with van der Waals surface area (Å²) in [6.07, 6.45) is 3.73. The Labute approximate surface area is 229 Å². The fourth-order valence-corrected chi connectivity index (χ4v) is 5.10. The molecule has 192 valence electrons. The molecule has 2 saturated heterocycles. The van der Waals surface area contributed by atoms with Crippen LogP contribution in [0.2, 0.25) is 0 Å². The van der Waals surface area contributed by atoms with Gasteiger partial charge in [0.2, 0.25) is 0 Å². The number of amides is 1. The van der Waals surface area contributed by atoms with Gasteiger partial charge in [-0.1, -0.05) is 46.3 Å². The Kier molecular flexibility index (Phi) is 8.26. The molecule has 0 spiro atoms. The third kappa shape index (κ3) is 6.42. The maximum absolute atomic E-state index is 12.6. The summed E-state index contributed by atoms with van der Waals surface area (Å²) in [5, 5.41) is 3.58. The number of hydrogen-bond donors (Lipinski definition) is 1. The molecule has 0 saturated carbocycles. The lowest BCUT2D eigenvalue weighted by Crippen LogP contribution is -2.39. The molecule has 5 rings (SSSR count). The van der Waals surface area contributed by atoms with E-state index in [1.807, 2.05) is 18.3 Å². The third-order valence-electron chi connectivity index (χ3n) is 6.59. The van der Waals surface area contributed by atoms with Gasteiger partial charge in [0, 0.05) is 53.3 Å². The summed E-state index contributed by atoms with van der Waals surface area (Å²) >= 11 is 8.53. The molecular weight excluding hydrogens is 554 g/mol. The number of piperidine rings is 1. The average Bonchev–Trinajstić information content (AvgIpc) is 3.22. The number of nitrogens with zero attached hydrogens (tertiary/aromatic N) is 2. The van der Waals surface area contributed by atoms with E-state index in [0.717, 1.165) is 64.9 Å². The molecule has 0 radical (unpaired) electrons. The van der Waals surface area contributed by atoms with Gasteiger partial charge in [0.1, 0.15) is 0 Å². The van der Waals surface area contributed by atoms with Crippen LogP contribution in [0.15, 0.2) is 58.7 Å². The second-order valence-electron chi connectivity index (χ2n) is 9.23. The van der Waals surface area contributed by atoms with Crippen LogP contribution in [0.25, 0.3) is 17.0 Å². The Morgan fingerprint density at radius 2 is 1.84 bits per heavy atom. The molecule has 1 aromatic heterocycles. The van der Waals surface area contributed by atoms with Crippen LogP contribution >= 0.6 is 28.1 Å². The fraction of sp³-hybridized carbons (Fsp3) is 0.321. The molecule has 0 aliphatic carbocycles. The van der Waals surface area contributed by atoms with Gasteiger partial charge in [-0.05, 0) is 41.5 Å². The largest absolute Gasteiger partial charge is 0.379 e. The standard InChI is InChI=1S/C28H28BrN3O4S/c29-22-4-1-19(2-5-22)16-32-17-21(14-24-26(33)15-27(37)30-28(24)34)23-13-20(3-6-25(23)32)18-36-12-9-31-7-10-35-11-8-31/h1-6,13-14,17H,7-12,15-16,18H2,(H,30,34,37)/b24-14-. The van der Waals surface area contributed by atoms with E-state index < -0.39 is 5.91 Å². The zero-order chi connectivity index (χ0) is 25.8. The fourth-order valence-electron chi connectivity index (χ4n) is 4.61. The highest BCUT2D eigenvalue weighted by atomic mass is 79.9. The Hall–Kier alpha value is -2.69. The predicted molar refractivity (Wildman–Crippen MR) is 150 cm³/mol. The van der Waals surface area contributed by atoms with E-state index in [2.05, 4.69) is 61.0 Å². The van der Waals surface area contributed by atoms with Crippen molar-refractivity contribution in [1.29, 1.82) is 0 Å². The van der Waals surface area contributed by atoms with E-state index >= 15 is 0 Å². The van der Waals surface area contributed by atoms with Crippen molar-refractivity contribution in [1.82, 2.24) is 14.8 Å². The minimum absolute atomic E-state index is 0.0483. The van der Waals surface area contributed by atoms with Crippen LogP contribution in [0.3, 0.4) is 0 Å². The average molecular weight is 583 g/mol. The third-order valence-corrected chi connectivity index (χ3v) is 7.36. The van der Waals surface area contributed by atoms with Crippen molar-refractivity contribution in [3.8, 4) is 0 Å². The maximum Gasteiger partial charge on any atom is 0.259 e. The zero-order valence-corrected chi connectivity index (χ0v) is 22.8. The lowest BCUT2D eigenvalue weighted by molar-refractivity contribution is -0.122. The van der Waals surface area contributed by atoms with Gasteiger partial charge in [-0.25, -0.2) is 0 Å². The summed E-state index contributed by atoms with van der Waals surface area (Å²) < 4.78 is 14.5. The second-order valence-corrected chi connectivity index (χ2v) is 10.6. The van der Waals surface area contributed by atoms with Crippen molar-refractivity contribution in [3.05, 3.63) is 75.4 Å². The minimum Gasteiger partial charge on any atom is -0.379 e. The normalized spacial score (nSPS) is 18.1. The van der Waals surface area contributed by atoms with Gasteiger partial charge >= 0.3 is 0 Å². The van der Waals surface area contributed by atoms with Gasteiger partial charge in [-0.15, -0.1) is 0 Å². The van der Waals surface area contributed by atoms with Crippen molar-refractivity contribution in [2.45, 2.75) is 19.6 Å². The number of aromatic nitrogens is 1. The smallest absolute Gasteiger partial charge is 0.259 e. The predicted octanol–water partition coefficient (Wildman–Crippen LogP) is 4.10. The molecule has 9 heteroatoms. The van der Waals surface area contributed by atoms with Gasteiger partial charge in [0.15, 0.2) is 5.78 Å². The SMILES string of the molecule is O=C1CC(=S)NC(=O)/C1=C\c1cn(Cc2ccc(Br)cc2)c2ccc(COCCN3CCOCC3)cc12. The van der Waals surface area contributed by atoms with Crippen LogP contribution in [0.1, 0.15) is 23.1 Å². The highest BCUT2D eigenvalue weighted by molar-refractivity contribution is 9.10. The molecule has 3 aromatic rings. The van der Waals surface area contributed by atoms with Crippen LogP contribution in [-0.4, -0.2) is 65.6 Å². The van der Waals surface area contributed by atoms with Crippen LogP contribution in [-0.2, 0) is 32.2 Å². The molecule has 2 aliphatic heterocycles. The van der Waals surface area contributed by atoms with Gasteiger partial charge in [0.05, 0.1) is 43.4 Å². The quantitative estimate of drug-likeness (QED) is 0.187. The number of rotatable bonds is 8. The topological polar surface area (TPSA) is 72.8 Å². The second kappa shape index (κ2) is 11.8. The highest BCUT2D eigenvalue weighted by Crippen LogP contribution is 2.27. The number of Topliss-reactive ketones (excluding diaryl/α,β-unsaturated/α-hetero) is 1. The van der Waals surface area contributed by atoms with Crippen LogP contribution in [0.5, 0.6) is 0 Å². The summed E-state index contributed by atoms with van der Waals surface area (Å²) in [6, 6.07) is 14.4. The first kappa shape index (κ1) is 25.9. The first-order valence-corrected chi connectivity index (χ1v) is 13.5. The van der Waals surface area contributed by atoms with Gasteiger partial charge in [-0.3, -0.25) is 14.5 Å². The maximum atomic E-state index is 12.6. The minimum atomic E-state index is -0.447. The van der Waals surface area contributed by atoms with E-state index in [4.69, 9.17) is 21.7 Å². The summed E-state index contributed by atoms with van der Waals surface area (Å²) in [4.78, 5) is 27.7. The first-order chi connectivity index (χ1) is 18.0. The Morgan fingerprint density at radius 3 is 2.59 bits per heavy atom. The van der Waals surface area contributed by atoms with E-state index in [0.29, 0.717) is 19.8 Å². The molecule has 2 fully saturated rings. The number of ketones is 1. The molecule has 2 aromatic carbocycles. The van der Waals surface area contributed by atoms with Crippen molar-refractivity contribution < 1.29 is 19.1 Å². The molecular formula is C28H28BrN3O4S. The number of carbonyl (C=O) groups is 2. The van der Waals surface area contributed by atoms with E-state index in [9.17, 15) is 9.59 Å². The summed E-state index contributed by atoms with van der Waals surface area (Å²) in [7, 11) is 0. The molecule has 2 aliphatic rings. The van der Waals surface area contributed by atoms with Crippen molar-refractivity contribution in [2.75, 3.05) is 39.5 Å². The molecule has 0 unspecified atom stereocenters. The molecule has 1 N–H and O–H groups in total. The Bertz CT molecular complexity index is 1340. The van der Waals surface area contributed by atoms with Crippen molar-refractivity contribution in [2.24, 2.45) is 0 Å². The molecule has 1 amide bonds. The first-order valence-electron chi connectivity index (χ1n) is 12.3. The molecule has 3 heterocycles. The molecule has 7 nitrogen and oxygen atoms in total. The van der Waals surface area contributed by atoms with Crippen molar-refractivity contribution in [3.63, 3.8) is 0 Å². The lowest BCUT2D eigenvalue weighted by Gasteiger charge is -2.26. The Balaban J connectivity index is 1.41. The number of fused-ring (bicyclic) bond motifs is 1.